The molecule has 124 valence electrons. The highest BCUT2D eigenvalue weighted by Crippen LogP contribution is 2.33. The Morgan fingerprint density at radius 2 is 1.58 bits per heavy atom. The molecule has 0 saturated heterocycles. The summed E-state index contributed by atoms with van der Waals surface area (Å²) in [5, 5.41) is 2.36. The largest absolute Gasteiger partial charge is 0.303 e. The van der Waals surface area contributed by atoms with Crippen LogP contribution in [0.5, 0.6) is 0 Å². The van der Waals surface area contributed by atoms with E-state index in [9.17, 15) is 4.79 Å². The smallest absolute Gasteiger partial charge is 0.251 e. The normalized spacial score (nSPS) is 11.2. The maximum Gasteiger partial charge on any atom is 0.251 e. The summed E-state index contributed by atoms with van der Waals surface area (Å²) >= 11 is 18.7. The van der Waals surface area contributed by atoms with Crippen molar-refractivity contribution in [2.75, 3.05) is 0 Å². The molecule has 5 heteroatoms. The van der Waals surface area contributed by atoms with Crippen molar-refractivity contribution in [2.45, 2.75) is 27.3 Å². The first-order chi connectivity index (χ1) is 11.3. The van der Waals surface area contributed by atoms with Crippen LogP contribution in [0.2, 0.25) is 15.1 Å². The molecule has 0 radical (unpaired) electrons. The summed E-state index contributed by atoms with van der Waals surface area (Å²) in [6.07, 6.45) is 0. The van der Waals surface area contributed by atoms with Gasteiger partial charge >= 0.3 is 0 Å². The zero-order valence-corrected chi connectivity index (χ0v) is 15.9. The van der Waals surface area contributed by atoms with E-state index in [1.807, 2.05) is 20.8 Å². The highest BCUT2D eigenvalue weighted by atomic mass is 35.5. The van der Waals surface area contributed by atoms with E-state index in [2.05, 4.69) is 12.1 Å². The number of benzene rings is 2. The van der Waals surface area contributed by atoms with E-state index in [-0.39, 0.29) is 12.1 Å². The molecular weight excluding hydrogens is 365 g/mol. The first-order valence-electron chi connectivity index (χ1n) is 7.53. The molecule has 0 unspecified atom stereocenters. The van der Waals surface area contributed by atoms with Gasteiger partial charge in [-0.2, -0.15) is 0 Å². The van der Waals surface area contributed by atoms with Gasteiger partial charge in [-0.05, 0) is 50.1 Å². The molecule has 0 aliphatic heterocycles. The standard InChI is InChI=1S/C19H16Cl3NO/c1-10-6-12(3)19-13(7-10)11(2)8-17(24)23(19)9-14-15(20)4-5-16(21)18(14)22/h4-8H,9H2,1-3H3. The number of hydrogen-bond donors (Lipinski definition) is 0. The monoisotopic (exact) mass is 379 g/mol. The fourth-order valence-electron chi connectivity index (χ4n) is 3.10. The number of halogens is 3. The number of hydrogen-bond acceptors (Lipinski definition) is 1. The summed E-state index contributed by atoms with van der Waals surface area (Å²) in [7, 11) is 0. The van der Waals surface area contributed by atoms with Gasteiger partial charge in [0, 0.05) is 22.0 Å². The van der Waals surface area contributed by atoms with Gasteiger partial charge < -0.3 is 4.57 Å². The van der Waals surface area contributed by atoms with Crippen LogP contribution >= 0.6 is 34.8 Å². The zero-order valence-electron chi connectivity index (χ0n) is 13.6. The molecule has 0 atom stereocenters. The lowest BCUT2D eigenvalue weighted by atomic mass is 10.0. The summed E-state index contributed by atoms with van der Waals surface area (Å²) in [5.74, 6) is 0. The quantitative estimate of drug-likeness (QED) is 0.505. The predicted molar refractivity (Wildman–Crippen MR) is 103 cm³/mol. The van der Waals surface area contributed by atoms with Crippen LogP contribution in [0.25, 0.3) is 10.9 Å². The minimum absolute atomic E-state index is 0.0842. The van der Waals surface area contributed by atoms with Crippen molar-refractivity contribution in [1.29, 1.82) is 0 Å². The third-order valence-electron chi connectivity index (χ3n) is 4.20. The van der Waals surface area contributed by atoms with Gasteiger partial charge in [-0.15, -0.1) is 0 Å². The Labute approximate surface area is 155 Å². The van der Waals surface area contributed by atoms with Crippen molar-refractivity contribution in [3.8, 4) is 0 Å². The molecule has 2 aromatic carbocycles. The third kappa shape index (κ3) is 2.95. The van der Waals surface area contributed by atoms with Crippen LogP contribution in [0.3, 0.4) is 0 Å². The van der Waals surface area contributed by atoms with E-state index in [0.717, 1.165) is 27.6 Å². The molecule has 2 nitrogen and oxygen atoms in total. The van der Waals surface area contributed by atoms with Gasteiger partial charge in [-0.3, -0.25) is 4.79 Å². The molecule has 0 amide bonds. The Balaban J connectivity index is 2.32. The number of rotatable bonds is 2. The number of fused-ring (bicyclic) bond motifs is 1. The molecule has 24 heavy (non-hydrogen) atoms. The molecular formula is C19H16Cl3NO. The highest BCUT2D eigenvalue weighted by Gasteiger charge is 2.15. The molecule has 3 rings (SSSR count). The van der Waals surface area contributed by atoms with Crippen LogP contribution in [0, 0.1) is 20.8 Å². The van der Waals surface area contributed by atoms with Gasteiger partial charge in [0.15, 0.2) is 0 Å². The molecule has 0 saturated carbocycles. The molecule has 0 fully saturated rings. The fourth-order valence-corrected chi connectivity index (χ4v) is 3.77. The number of aromatic nitrogens is 1. The lowest BCUT2D eigenvalue weighted by Crippen LogP contribution is -2.22. The van der Waals surface area contributed by atoms with E-state index in [4.69, 9.17) is 34.8 Å². The Bertz CT molecular complexity index is 1020. The van der Waals surface area contributed by atoms with Crippen molar-refractivity contribution in [3.63, 3.8) is 0 Å². The molecule has 0 aliphatic rings. The Kier molecular flexibility index (Phi) is 4.65. The van der Waals surface area contributed by atoms with E-state index < -0.39 is 0 Å². The molecule has 3 aromatic rings. The van der Waals surface area contributed by atoms with Crippen molar-refractivity contribution >= 4 is 45.7 Å². The van der Waals surface area contributed by atoms with Crippen LogP contribution in [-0.4, -0.2) is 4.57 Å². The first-order valence-corrected chi connectivity index (χ1v) is 8.66. The average Bonchev–Trinajstić information content (AvgIpc) is 2.50. The number of aryl methyl sites for hydroxylation is 3. The second-order valence-electron chi connectivity index (χ2n) is 6.05. The van der Waals surface area contributed by atoms with Gasteiger partial charge in [0.25, 0.3) is 5.56 Å². The number of pyridine rings is 1. The van der Waals surface area contributed by atoms with Crippen LogP contribution in [0.1, 0.15) is 22.3 Å². The topological polar surface area (TPSA) is 22.0 Å². The zero-order chi connectivity index (χ0) is 17.6. The van der Waals surface area contributed by atoms with Crippen LogP contribution in [0.4, 0.5) is 0 Å². The summed E-state index contributed by atoms with van der Waals surface area (Å²) in [6, 6.07) is 9.16. The van der Waals surface area contributed by atoms with Gasteiger partial charge in [-0.1, -0.05) is 46.4 Å². The minimum Gasteiger partial charge on any atom is -0.303 e. The SMILES string of the molecule is Cc1cc(C)c2c(c1)c(C)cc(=O)n2Cc1c(Cl)ccc(Cl)c1Cl. The van der Waals surface area contributed by atoms with Crippen LogP contribution in [0.15, 0.2) is 35.1 Å². The lowest BCUT2D eigenvalue weighted by Gasteiger charge is -2.17. The number of nitrogens with zero attached hydrogens (tertiary/aromatic N) is 1. The molecule has 1 heterocycles. The predicted octanol–water partition coefficient (Wildman–Crippen LogP) is 5.94. The van der Waals surface area contributed by atoms with E-state index in [0.29, 0.717) is 20.6 Å². The van der Waals surface area contributed by atoms with Crippen molar-refractivity contribution in [2.24, 2.45) is 0 Å². The van der Waals surface area contributed by atoms with E-state index >= 15 is 0 Å². The minimum atomic E-state index is -0.0842. The van der Waals surface area contributed by atoms with Crippen LogP contribution in [-0.2, 0) is 6.54 Å². The Morgan fingerprint density at radius 3 is 2.29 bits per heavy atom. The van der Waals surface area contributed by atoms with Crippen molar-refractivity contribution in [1.82, 2.24) is 4.57 Å². The molecule has 0 aliphatic carbocycles. The highest BCUT2D eigenvalue weighted by molar-refractivity contribution is 6.44. The average molecular weight is 381 g/mol. The molecule has 0 bridgehead atoms. The second kappa shape index (κ2) is 6.44. The Hall–Kier alpha value is -1.48. The molecule has 1 aromatic heterocycles. The van der Waals surface area contributed by atoms with Crippen LogP contribution < -0.4 is 5.56 Å². The Morgan fingerprint density at radius 1 is 0.917 bits per heavy atom. The maximum atomic E-state index is 12.6. The third-order valence-corrected chi connectivity index (χ3v) is 5.40. The van der Waals surface area contributed by atoms with Gasteiger partial charge in [0.1, 0.15) is 0 Å². The lowest BCUT2D eigenvalue weighted by molar-refractivity contribution is 0.791. The maximum absolute atomic E-state index is 12.6. The van der Waals surface area contributed by atoms with Gasteiger partial charge in [0.05, 0.1) is 22.1 Å². The van der Waals surface area contributed by atoms with Crippen molar-refractivity contribution in [3.05, 3.63) is 78.0 Å². The van der Waals surface area contributed by atoms with Gasteiger partial charge in [-0.25, -0.2) is 0 Å². The second-order valence-corrected chi connectivity index (χ2v) is 7.24. The molecule has 0 spiro atoms. The fraction of sp³-hybridized carbons (Fsp3) is 0.211. The van der Waals surface area contributed by atoms with E-state index in [1.165, 1.54) is 0 Å². The molecule has 0 N–H and O–H groups in total. The first kappa shape index (κ1) is 17.3. The van der Waals surface area contributed by atoms with Gasteiger partial charge in [0.2, 0.25) is 0 Å². The van der Waals surface area contributed by atoms with Crippen molar-refractivity contribution < 1.29 is 0 Å². The van der Waals surface area contributed by atoms with E-state index in [1.54, 1.807) is 22.8 Å². The summed E-state index contributed by atoms with van der Waals surface area (Å²) in [5.41, 5.74) is 4.63. The summed E-state index contributed by atoms with van der Waals surface area (Å²) < 4.78 is 1.71. The summed E-state index contributed by atoms with van der Waals surface area (Å²) in [4.78, 5) is 12.6. The summed E-state index contributed by atoms with van der Waals surface area (Å²) in [6.45, 7) is 6.28.